The van der Waals surface area contributed by atoms with Crippen LogP contribution in [-0.2, 0) is 20.9 Å². The van der Waals surface area contributed by atoms with Crippen LogP contribution in [0.2, 0.25) is 5.02 Å². The molecule has 0 unspecified atom stereocenters. The number of hydrogen-bond acceptors (Lipinski definition) is 4. The van der Waals surface area contributed by atoms with Crippen molar-refractivity contribution < 1.29 is 19.1 Å². The lowest BCUT2D eigenvalue weighted by Crippen LogP contribution is -2.28. The van der Waals surface area contributed by atoms with E-state index >= 15 is 0 Å². The van der Waals surface area contributed by atoms with Crippen molar-refractivity contribution in [3.8, 4) is 5.75 Å². The van der Waals surface area contributed by atoms with Crippen molar-refractivity contribution >= 4 is 29.6 Å². The molecule has 0 bridgehead atoms. The number of amides is 1. The van der Waals surface area contributed by atoms with Crippen LogP contribution in [0, 0.1) is 0 Å². The van der Waals surface area contributed by atoms with Crippen LogP contribution in [0.3, 0.4) is 0 Å². The van der Waals surface area contributed by atoms with Gasteiger partial charge < -0.3 is 14.8 Å². The van der Waals surface area contributed by atoms with Crippen molar-refractivity contribution in [1.82, 2.24) is 5.32 Å². The molecule has 6 heteroatoms. The van der Waals surface area contributed by atoms with Gasteiger partial charge in [0.05, 0.1) is 6.61 Å². The third kappa shape index (κ3) is 6.61. The summed E-state index contributed by atoms with van der Waals surface area (Å²) >= 11 is 6.01. The predicted molar refractivity (Wildman–Crippen MR) is 101 cm³/mol. The number of ether oxygens (including phenoxy) is 2. The SMILES string of the molecule is CCOc1ccc(/C=C/C(=O)OCC(=O)NCc2ccccc2Cl)cc1. The molecule has 2 aromatic rings. The van der Waals surface area contributed by atoms with Gasteiger partial charge in [-0.3, -0.25) is 4.79 Å². The lowest BCUT2D eigenvalue weighted by Gasteiger charge is -2.07. The van der Waals surface area contributed by atoms with Gasteiger partial charge >= 0.3 is 5.97 Å². The molecule has 0 aliphatic carbocycles. The highest BCUT2D eigenvalue weighted by atomic mass is 35.5. The number of esters is 1. The number of halogens is 1. The van der Waals surface area contributed by atoms with Crippen LogP contribution in [0.15, 0.2) is 54.6 Å². The van der Waals surface area contributed by atoms with E-state index in [1.807, 2.05) is 49.4 Å². The molecule has 2 rings (SSSR count). The van der Waals surface area contributed by atoms with Crippen molar-refractivity contribution in [2.45, 2.75) is 13.5 Å². The van der Waals surface area contributed by atoms with Gasteiger partial charge in [-0.05, 0) is 42.3 Å². The van der Waals surface area contributed by atoms with E-state index in [0.29, 0.717) is 11.6 Å². The molecular formula is C20H20ClNO4. The number of rotatable bonds is 8. The van der Waals surface area contributed by atoms with Crippen molar-refractivity contribution in [1.29, 1.82) is 0 Å². The summed E-state index contributed by atoms with van der Waals surface area (Å²) in [6, 6.07) is 14.5. The Morgan fingerprint density at radius 3 is 2.54 bits per heavy atom. The Hall–Kier alpha value is -2.79. The summed E-state index contributed by atoms with van der Waals surface area (Å²) < 4.78 is 10.3. The van der Waals surface area contributed by atoms with Crippen LogP contribution in [0.5, 0.6) is 5.75 Å². The number of hydrogen-bond donors (Lipinski definition) is 1. The minimum atomic E-state index is -0.591. The highest BCUT2D eigenvalue weighted by Crippen LogP contribution is 2.14. The summed E-state index contributed by atoms with van der Waals surface area (Å²) in [6.07, 6.45) is 2.89. The fourth-order valence-corrected chi connectivity index (χ4v) is 2.28. The van der Waals surface area contributed by atoms with E-state index < -0.39 is 11.9 Å². The molecule has 0 heterocycles. The van der Waals surface area contributed by atoms with Gasteiger partial charge in [0.25, 0.3) is 5.91 Å². The van der Waals surface area contributed by atoms with Gasteiger partial charge in [-0.15, -0.1) is 0 Å². The maximum Gasteiger partial charge on any atom is 0.331 e. The summed E-state index contributed by atoms with van der Waals surface area (Å²) in [6.45, 7) is 2.43. The number of carbonyl (C=O) groups is 2. The molecule has 0 aliphatic heterocycles. The first-order chi connectivity index (χ1) is 12.6. The zero-order valence-corrected chi connectivity index (χ0v) is 15.2. The second-order valence-electron chi connectivity index (χ2n) is 5.31. The van der Waals surface area contributed by atoms with Crippen molar-refractivity contribution in [3.05, 3.63) is 70.8 Å². The van der Waals surface area contributed by atoms with Crippen molar-refractivity contribution in [2.75, 3.05) is 13.2 Å². The molecule has 0 saturated heterocycles. The summed E-state index contributed by atoms with van der Waals surface area (Å²) in [5.74, 6) is -0.220. The smallest absolute Gasteiger partial charge is 0.331 e. The standard InChI is InChI=1S/C20H20ClNO4/c1-2-25-17-10-7-15(8-11-17)9-12-20(24)26-14-19(23)22-13-16-5-3-4-6-18(16)21/h3-12H,2,13-14H2,1H3,(H,22,23)/b12-9+. The summed E-state index contributed by atoms with van der Waals surface area (Å²) in [5.41, 5.74) is 1.62. The van der Waals surface area contributed by atoms with Crippen LogP contribution in [0.25, 0.3) is 6.08 Å². The number of nitrogens with one attached hydrogen (secondary N) is 1. The van der Waals surface area contributed by atoms with Gasteiger partial charge in [-0.1, -0.05) is 41.9 Å². The lowest BCUT2D eigenvalue weighted by molar-refractivity contribution is -0.143. The van der Waals surface area contributed by atoms with E-state index in [9.17, 15) is 9.59 Å². The first kappa shape index (κ1) is 19.5. The van der Waals surface area contributed by atoms with Crippen LogP contribution >= 0.6 is 11.6 Å². The summed E-state index contributed by atoms with van der Waals surface area (Å²) in [7, 11) is 0. The largest absolute Gasteiger partial charge is 0.494 e. The quantitative estimate of drug-likeness (QED) is 0.567. The summed E-state index contributed by atoms with van der Waals surface area (Å²) in [4.78, 5) is 23.4. The molecular weight excluding hydrogens is 354 g/mol. The second kappa shape index (κ2) is 10.3. The molecule has 2 aromatic carbocycles. The Balaban J connectivity index is 1.73. The minimum Gasteiger partial charge on any atom is -0.494 e. The molecule has 1 N–H and O–H groups in total. The molecule has 5 nitrogen and oxygen atoms in total. The van der Waals surface area contributed by atoms with Gasteiger partial charge in [0, 0.05) is 17.6 Å². The van der Waals surface area contributed by atoms with Crippen molar-refractivity contribution in [3.63, 3.8) is 0 Å². The summed E-state index contributed by atoms with van der Waals surface area (Å²) in [5, 5.41) is 3.22. The van der Waals surface area contributed by atoms with Gasteiger partial charge in [-0.25, -0.2) is 4.79 Å². The van der Waals surface area contributed by atoms with Crippen LogP contribution in [0.1, 0.15) is 18.1 Å². The zero-order chi connectivity index (χ0) is 18.8. The highest BCUT2D eigenvalue weighted by Gasteiger charge is 2.06. The van der Waals surface area contributed by atoms with Gasteiger partial charge in [-0.2, -0.15) is 0 Å². The fourth-order valence-electron chi connectivity index (χ4n) is 2.08. The van der Waals surface area contributed by atoms with E-state index in [2.05, 4.69) is 5.32 Å². The molecule has 136 valence electrons. The Morgan fingerprint density at radius 1 is 1.12 bits per heavy atom. The Kier molecular flexibility index (Phi) is 7.71. The van der Waals surface area contributed by atoms with Gasteiger partial charge in [0.15, 0.2) is 6.61 Å². The third-order valence-corrected chi connectivity index (χ3v) is 3.75. The van der Waals surface area contributed by atoms with Gasteiger partial charge in [0.2, 0.25) is 0 Å². The van der Waals surface area contributed by atoms with E-state index in [0.717, 1.165) is 16.9 Å². The Morgan fingerprint density at radius 2 is 1.85 bits per heavy atom. The van der Waals surface area contributed by atoms with Crippen molar-refractivity contribution in [2.24, 2.45) is 0 Å². The normalized spacial score (nSPS) is 10.5. The third-order valence-electron chi connectivity index (χ3n) is 3.38. The van der Waals surface area contributed by atoms with E-state index in [-0.39, 0.29) is 13.2 Å². The first-order valence-corrected chi connectivity index (χ1v) is 8.54. The fraction of sp³-hybridized carbons (Fsp3) is 0.200. The maximum atomic E-state index is 11.7. The molecule has 0 saturated carbocycles. The zero-order valence-electron chi connectivity index (χ0n) is 14.4. The number of benzene rings is 2. The molecule has 0 aliphatic rings. The molecule has 0 aromatic heterocycles. The molecule has 0 spiro atoms. The van der Waals surface area contributed by atoms with E-state index in [1.54, 1.807) is 12.1 Å². The van der Waals surface area contributed by atoms with E-state index in [1.165, 1.54) is 6.08 Å². The second-order valence-corrected chi connectivity index (χ2v) is 5.72. The predicted octanol–water partition coefficient (Wildman–Crippen LogP) is 3.61. The van der Waals surface area contributed by atoms with E-state index in [4.69, 9.17) is 21.1 Å². The monoisotopic (exact) mass is 373 g/mol. The Bertz CT molecular complexity index is 772. The molecule has 26 heavy (non-hydrogen) atoms. The van der Waals surface area contributed by atoms with Crippen LogP contribution < -0.4 is 10.1 Å². The average molecular weight is 374 g/mol. The lowest BCUT2D eigenvalue weighted by atomic mass is 10.2. The Labute approximate surface area is 157 Å². The van der Waals surface area contributed by atoms with Gasteiger partial charge in [0.1, 0.15) is 5.75 Å². The minimum absolute atomic E-state index is 0.276. The maximum absolute atomic E-state index is 11.7. The first-order valence-electron chi connectivity index (χ1n) is 8.16. The highest BCUT2D eigenvalue weighted by molar-refractivity contribution is 6.31. The van der Waals surface area contributed by atoms with Crippen LogP contribution in [-0.4, -0.2) is 25.1 Å². The van der Waals surface area contributed by atoms with Crippen LogP contribution in [0.4, 0.5) is 0 Å². The molecule has 1 amide bonds. The molecule has 0 fully saturated rings. The topological polar surface area (TPSA) is 64.6 Å². The molecule has 0 atom stereocenters. The number of carbonyl (C=O) groups excluding carboxylic acids is 2. The molecule has 0 radical (unpaired) electrons. The average Bonchev–Trinajstić information content (AvgIpc) is 2.65.